The first-order valence-corrected chi connectivity index (χ1v) is 6.82. The van der Waals surface area contributed by atoms with Crippen molar-refractivity contribution >= 4 is 5.69 Å². The zero-order valence-corrected chi connectivity index (χ0v) is 11.6. The van der Waals surface area contributed by atoms with Gasteiger partial charge in [0.2, 0.25) is 0 Å². The molecule has 1 saturated heterocycles. The number of piperidine rings is 1. The van der Waals surface area contributed by atoms with E-state index in [4.69, 9.17) is 4.74 Å². The molecule has 0 bridgehead atoms. The molecule has 18 heavy (non-hydrogen) atoms. The summed E-state index contributed by atoms with van der Waals surface area (Å²) in [5, 5.41) is 7.02. The van der Waals surface area contributed by atoms with Gasteiger partial charge in [0, 0.05) is 6.04 Å². The van der Waals surface area contributed by atoms with Gasteiger partial charge in [-0.1, -0.05) is 6.07 Å². The summed E-state index contributed by atoms with van der Waals surface area (Å²) < 4.78 is 5.44. The number of methoxy groups -OCH3 is 1. The van der Waals surface area contributed by atoms with Gasteiger partial charge in [-0.2, -0.15) is 0 Å². The van der Waals surface area contributed by atoms with Gasteiger partial charge in [0.25, 0.3) is 0 Å². The number of hydrogen-bond acceptors (Lipinski definition) is 3. The van der Waals surface area contributed by atoms with Crippen molar-refractivity contribution in [3.8, 4) is 5.75 Å². The molecule has 0 aromatic heterocycles. The van der Waals surface area contributed by atoms with E-state index in [-0.39, 0.29) is 0 Å². The first-order chi connectivity index (χ1) is 8.70. The highest BCUT2D eigenvalue weighted by Crippen LogP contribution is 2.28. The van der Waals surface area contributed by atoms with Crippen molar-refractivity contribution in [2.75, 3.05) is 25.5 Å². The average molecular weight is 248 g/mol. The minimum atomic E-state index is 0.490. The molecular formula is C15H24N2O. The number of anilines is 1. The fraction of sp³-hybridized carbons (Fsp3) is 0.600. The Balaban J connectivity index is 2.03. The van der Waals surface area contributed by atoms with Gasteiger partial charge in [-0.3, -0.25) is 0 Å². The van der Waals surface area contributed by atoms with Gasteiger partial charge in [0.05, 0.1) is 12.8 Å². The van der Waals surface area contributed by atoms with E-state index in [0.717, 1.165) is 30.4 Å². The molecule has 2 N–H and O–H groups in total. The standard InChI is InChI=1S/C15H24N2O/c1-11-4-5-14(15(10-11)18-3)17-12(2)13-6-8-16-9-7-13/h4-5,10,12-13,16-17H,6-9H2,1-3H3. The summed E-state index contributed by atoms with van der Waals surface area (Å²) >= 11 is 0. The van der Waals surface area contributed by atoms with Crippen LogP contribution in [0, 0.1) is 12.8 Å². The lowest BCUT2D eigenvalue weighted by Gasteiger charge is -2.30. The van der Waals surface area contributed by atoms with Crippen LogP contribution in [0.25, 0.3) is 0 Å². The molecule has 3 nitrogen and oxygen atoms in total. The van der Waals surface area contributed by atoms with Gasteiger partial charge in [-0.25, -0.2) is 0 Å². The minimum absolute atomic E-state index is 0.490. The molecule has 0 radical (unpaired) electrons. The summed E-state index contributed by atoms with van der Waals surface area (Å²) in [6.07, 6.45) is 2.50. The maximum Gasteiger partial charge on any atom is 0.142 e. The zero-order chi connectivity index (χ0) is 13.0. The van der Waals surface area contributed by atoms with Gasteiger partial charge in [-0.15, -0.1) is 0 Å². The Bertz CT molecular complexity index is 386. The highest BCUT2D eigenvalue weighted by molar-refractivity contribution is 5.58. The predicted molar refractivity (Wildman–Crippen MR) is 76.4 cm³/mol. The Morgan fingerprint density at radius 2 is 2.06 bits per heavy atom. The van der Waals surface area contributed by atoms with Crippen molar-refractivity contribution in [2.45, 2.75) is 32.7 Å². The minimum Gasteiger partial charge on any atom is -0.495 e. The lowest BCUT2D eigenvalue weighted by Crippen LogP contribution is -2.36. The van der Waals surface area contributed by atoms with Crippen LogP contribution in [-0.2, 0) is 0 Å². The molecule has 1 unspecified atom stereocenters. The molecule has 0 spiro atoms. The van der Waals surface area contributed by atoms with Crippen LogP contribution >= 0.6 is 0 Å². The lowest BCUT2D eigenvalue weighted by molar-refractivity contribution is 0.342. The van der Waals surface area contributed by atoms with Gasteiger partial charge in [0.1, 0.15) is 5.75 Å². The summed E-state index contributed by atoms with van der Waals surface area (Å²) in [7, 11) is 1.73. The van der Waals surface area contributed by atoms with E-state index in [1.54, 1.807) is 7.11 Å². The van der Waals surface area contributed by atoms with Crippen LogP contribution in [0.2, 0.25) is 0 Å². The molecule has 0 aliphatic carbocycles. The molecular weight excluding hydrogens is 224 g/mol. The van der Waals surface area contributed by atoms with Crippen molar-refractivity contribution in [2.24, 2.45) is 5.92 Å². The summed E-state index contributed by atoms with van der Waals surface area (Å²) in [5.74, 6) is 1.69. The van der Waals surface area contributed by atoms with Crippen molar-refractivity contribution in [1.29, 1.82) is 0 Å². The van der Waals surface area contributed by atoms with E-state index < -0.39 is 0 Å². The van der Waals surface area contributed by atoms with Crippen LogP contribution in [0.1, 0.15) is 25.3 Å². The first kappa shape index (κ1) is 13.2. The number of aryl methyl sites for hydroxylation is 1. The molecule has 0 saturated carbocycles. The fourth-order valence-electron chi connectivity index (χ4n) is 2.63. The Labute approximate surface area is 110 Å². The van der Waals surface area contributed by atoms with Crippen LogP contribution in [-0.4, -0.2) is 26.2 Å². The van der Waals surface area contributed by atoms with Crippen LogP contribution in [0.4, 0.5) is 5.69 Å². The highest BCUT2D eigenvalue weighted by Gasteiger charge is 2.20. The molecule has 3 heteroatoms. The number of benzene rings is 1. The molecule has 1 aliphatic heterocycles. The van der Waals surface area contributed by atoms with Gasteiger partial charge >= 0.3 is 0 Å². The Morgan fingerprint density at radius 3 is 2.72 bits per heavy atom. The largest absolute Gasteiger partial charge is 0.495 e. The topological polar surface area (TPSA) is 33.3 Å². The third-order valence-corrected chi connectivity index (χ3v) is 3.83. The number of nitrogens with one attached hydrogen (secondary N) is 2. The maximum atomic E-state index is 5.44. The molecule has 2 rings (SSSR count). The molecule has 0 amide bonds. The Morgan fingerprint density at radius 1 is 1.33 bits per heavy atom. The van der Waals surface area contributed by atoms with Gasteiger partial charge in [-0.05, 0) is 63.4 Å². The summed E-state index contributed by atoms with van der Waals surface area (Å²) in [6.45, 7) is 6.64. The van der Waals surface area contributed by atoms with Crippen LogP contribution in [0.15, 0.2) is 18.2 Å². The SMILES string of the molecule is COc1cc(C)ccc1NC(C)C1CCNCC1. The first-order valence-electron chi connectivity index (χ1n) is 6.82. The number of rotatable bonds is 4. The normalized spacial score (nSPS) is 18.4. The van der Waals surface area contributed by atoms with Crippen LogP contribution in [0.5, 0.6) is 5.75 Å². The summed E-state index contributed by atoms with van der Waals surface area (Å²) in [4.78, 5) is 0. The monoisotopic (exact) mass is 248 g/mol. The van der Waals surface area contributed by atoms with E-state index in [9.17, 15) is 0 Å². The predicted octanol–water partition coefficient (Wildman–Crippen LogP) is 2.80. The van der Waals surface area contributed by atoms with Crippen molar-refractivity contribution in [3.05, 3.63) is 23.8 Å². The number of hydrogen-bond donors (Lipinski definition) is 2. The molecule has 1 fully saturated rings. The Kier molecular flexibility index (Phi) is 4.48. The summed E-state index contributed by atoms with van der Waals surface area (Å²) in [6, 6.07) is 6.81. The average Bonchev–Trinajstić information content (AvgIpc) is 2.41. The third-order valence-electron chi connectivity index (χ3n) is 3.83. The Hall–Kier alpha value is -1.22. The van der Waals surface area contributed by atoms with Crippen molar-refractivity contribution < 1.29 is 4.74 Å². The summed E-state index contributed by atoms with van der Waals surface area (Å²) in [5.41, 5.74) is 2.33. The molecule has 1 aliphatic rings. The molecule has 100 valence electrons. The second-order valence-corrected chi connectivity index (χ2v) is 5.22. The maximum absolute atomic E-state index is 5.44. The highest BCUT2D eigenvalue weighted by atomic mass is 16.5. The molecule has 1 heterocycles. The van der Waals surface area contributed by atoms with E-state index in [1.807, 2.05) is 0 Å². The van der Waals surface area contributed by atoms with Crippen LogP contribution < -0.4 is 15.4 Å². The van der Waals surface area contributed by atoms with Crippen molar-refractivity contribution in [1.82, 2.24) is 5.32 Å². The van der Waals surface area contributed by atoms with E-state index in [0.29, 0.717) is 6.04 Å². The molecule has 1 aromatic carbocycles. The second kappa shape index (κ2) is 6.10. The second-order valence-electron chi connectivity index (χ2n) is 5.22. The number of ether oxygens (including phenoxy) is 1. The lowest BCUT2D eigenvalue weighted by atomic mass is 9.91. The molecule has 1 aromatic rings. The van der Waals surface area contributed by atoms with E-state index in [2.05, 4.69) is 42.7 Å². The van der Waals surface area contributed by atoms with Gasteiger partial charge in [0.15, 0.2) is 0 Å². The van der Waals surface area contributed by atoms with E-state index >= 15 is 0 Å². The fourth-order valence-corrected chi connectivity index (χ4v) is 2.63. The smallest absolute Gasteiger partial charge is 0.142 e. The van der Waals surface area contributed by atoms with E-state index in [1.165, 1.54) is 18.4 Å². The van der Waals surface area contributed by atoms with Gasteiger partial charge < -0.3 is 15.4 Å². The van der Waals surface area contributed by atoms with Crippen LogP contribution in [0.3, 0.4) is 0 Å². The quantitative estimate of drug-likeness (QED) is 0.859. The van der Waals surface area contributed by atoms with Crippen molar-refractivity contribution in [3.63, 3.8) is 0 Å². The zero-order valence-electron chi connectivity index (χ0n) is 11.6. The third kappa shape index (κ3) is 3.16. The molecule has 1 atom stereocenters.